The number of hydrogen-bond donors (Lipinski definition) is 0. The van der Waals surface area contributed by atoms with Gasteiger partial charge in [0.2, 0.25) is 0 Å². The van der Waals surface area contributed by atoms with Crippen molar-refractivity contribution in [2.45, 2.75) is 19.9 Å². The first-order valence-corrected chi connectivity index (χ1v) is 7.83. The molecule has 1 aliphatic heterocycles. The molecule has 0 bridgehead atoms. The molecule has 106 valence electrons. The van der Waals surface area contributed by atoms with E-state index in [1.807, 2.05) is 23.8 Å². The Balaban J connectivity index is 1.75. The Morgan fingerprint density at radius 3 is 3.00 bits per heavy atom. The Kier molecular flexibility index (Phi) is 2.96. The Morgan fingerprint density at radius 2 is 2.10 bits per heavy atom. The van der Waals surface area contributed by atoms with Crippen LogP contribution >= 0.6 is 15.9 Å². The SMILES string of the molecule is Cc1cc2c(N3CCc4cc(Br)ccc4C3)nccn2n1. The van der Waals surface area contributed by atoms with E-state index >= 15 is 0 Å². The van der Waals surface area contributed by atoms with Crippen LogP contribution in [0.15, 0.2) is 41.1 Å². The first-order chi connectivity index (χ1) is 10.2. The van der Waals surface area contributed by atoms with Gasteiger partial charge in [-0.2, -0.15) is 5.10 Å². The van der Waals surface area contributed by atoms with Gasteiger partial charge in [0.15, 0.2) is 5.82 Å². The van der Waals surface area contributed by atoms with Gasteiger partial charge in [0.05, 0.1) is 5.69 Å². The average Bonchev–Trinajstić information content (AvgIpc) is 2.86. The van der Waals surface area contributed by atoms with Crippen LogP contribution in [-0.2, 0) is 13.0 Å². The van der Waals surface area contributed by atoms with E-state index in [0.29, 0.717) is 0 Å². The van der Waals surface area contributed by atoms with Gasteiger partial charge < -0.3 is 4.90 Å². The molecule has 1 aliphatic rings. The molecule has 0 atom stereocenters. The molecule has 0 amide bonds. The summed E-state index contributed by atoms with van der Waals surface area (Å²) in [6.07, 6.45) is 4.78. The summed E-state index contributed by atoms with van der Waals surface area (Å²) in [7, 11) is 0. The number of benzene rings is 1. The molecule has 0 aliphatic carbocycles. The molecule has 0 saturated carbocycles. The van der Waals surface area contributed by atoms with Crippen molar-refractivity contribution in [1.29, 1.82) is 0 Å². The number of aryl methyl sites for hydroxylation is 1. The molecular weight excluding hydrogens is 328 g/mol. The average molecular weight is 343 g/mol. The first-order valence-electron chi connectivity index (χ1n) is 7.04. The topological polar surface area (TPSA) is 33.4 Å². The third kappa shape index (κ3) is 2.21. The molecule has 4 rings (SSSR count). The molecule has 3 aromatic rings. The zero-order valence-corrected chi connectivity index (χ0v) is 13.3. The maximum Gasteiger partial charge on any atom is 0.155 e. The third-order valence-corrected chi connectivity index (χ3v) is 4.47. The van der Waals surface area contributed by atoms with E-state index in [1.165, 1.54) is 11.1 Å². The predicted molar refractivity (Wildman–Crippen MR) is 86.6 cm³/mol. The van der Waals surface area contributed by atoms with Gasteiger partial charge in [-0.05, 0) is 42.7 Å². The minimum Gasteiger partial charge on any atom is -0.350 e. The van der Waals surface area contributed by atoms with Crippen molar-refractivity contribution < 1.29 is 0 Å². The summed E-state index contributed by atoms with van der Waals surface area (Å²) in [5.41, 5.74) is 4.91. The Morgan fingerprint density at radius 1 is 1.19 bits per heavy atom. The first kappa shape index (κ1) is 12.8. The number of halogens is 1. The highest BCUT2D eigenvalue weighted by Crippen LogP contribution is 2.28. The molecule has 0 unspecified atom stereocenters. The molecule has 0 saturated heterocycles. The molecule has 0 N–H and O–H groups in total. The van der Waals surface area contributed by atoms with Gasteiger partial charge in [-0.25, -0.2) is 9.50 Å². The quantitative estimate of drug-likeness (QED) is 0.679. The van der Waals surface area contributed by atoms with Crippen LogP contribution in [0, 0.1) is 6.92 Å². The summed E-state index contributed by atoms with van der Waals surface area (Å²) in [5, 5.41) is 4.47. The minimum atomic E-state index is 0.902. The highest BCUT2D eigenvalue weighted by Gasteiger charge is 2.20. The Hall–Kier alpha value is -1.88. The van der Waals surface area contributed by atoms with Crippen molar-refractivity contribution in [3.8, 4) is 0 Å². The van der Waals surface area contributed by atoms with Gasteiger partial charge in [-0.15, -0.1) is 0 Å². The van der Waals surface area contributed by atoms with Crippen molar-refractivity contribution in [1.82, 2.24) is 14.6 Å². The van der Waals surface area contributed by atoms with Gasteiger partial charge in [0.25, 0.3) is 0 Å². The number of fused-ring (bicyclic) bond motifs is 2. The Bertz CT molecular complexity index is 824. The second-order valence-electron chi connectivity index (χ2n) is 5.45. The van der Waals surface area contributed by atoms with Crippen LogP contribution in [0.4, 0.5) is 5.82 Å². The lowest BCUT2D eigenvalue weighted by molar-refractivity contribution is 0.719. The van der Waals surface area contributed by atoms with Crippen LogP contribution in [0.3, 0.4) is 0 Å². The number of nitrogens with zero attached hydrogens (tertiary/aromatic N) is 4. The van der Waals surface area contributed by atoms with Gasteiger partial charge in [-0.1, -0.05) is 22.0 Å². The van der Waals surface area contributed by atoms with Crippen LogP contribution < -0.4 is 4.90 Å². The van der Waals surface area contributed by atoms with E-state index < -0.39 is 0 Å². The summed E-state index contributed by atoms with van der Waals surface area (Å²) in [6, 6.07) is 8.63. The lowest BCUT2D eigenvalue weighted by Crippen LogP contribution is -2.31. The van der Waals surface area contributed by atoms with Crippen LogP contribution in [-0.4, -0.2) is 21.1 Å². The zero-order valence-electron chi connectivity index (χ0n) is 11.8. The van der Waals surface area contributed by atoms with Crippen molar-refractivity contribution in [3.05, 3.63) is 58.0 Å². The van der Waals surface area contributed by atoms with E-state index in [4.69, 9.17) is 0 Å². The number of aromatic nitrogens is 3. The van der Waals surface area contributed by atoms with Crippen LogP contribution in [0.2, 0.25) is 0 Å². The largest absolute Gasteiger partial charge is 0.350 e. The molecule has 3 heterocycles. The van der Waals surface area contributed by atoms with Crippen LogP contribution in [0.5, 0.6) is 0 Å². The monoisotopic (exact) mass is 342 g/mol. The molecule has 1 aromatic carbocycles. The highest BCUT2D eigenvalue weighted by molar-refractivity contribution is 9.10. The van der Waals surface area contributed by atoms with E-state index in [1.54, 1.807) is 0 Å². The number of rotatable bonds is 1. The highest BCUT2D eigenvalue weighted by atomic mass is 79.9. The molecule has 5 heteroatoms. The molecule has 0 fully saturated rings. The van der Waals surface area contributed by atoms with Crippen molar-refractivity contribution >= 4 is 27.3 Å². The van der Waals surface area contributed by atoms with Gasteiger partial charge in [-0.3, -0.25) is 0 Å². The minimum absolute atomic E-state index is 0.902. The zero-order chi connectivity index (χ0) is 14.4. The maximum absolute atomic E-state index is 4.59. The van der Waals surface area contributed by atoms with Crippen molar-refractivity contribution in [3.63, 3.8) is 0 Å². The summed E-state index contributed by atoms with van der Waals surface area (Å²) in [5.74, 6) is 1.02. The van der Waals surface area contributed by atoms with Crippen LogP contribution in [0.25, 0.3) is 5.52 Å². The third-order valence-electron chi connectivity index (χ3n) is 3.97. The summed E-state index contributed by atoms with van der Waals surface area (Å²) < 4.78 is 3.07. The van der Waals surface area contributed by atoms with Crippen molar-refractivity contribution in [2.24, 2.45) is 0 Å². The molecule has 0 radical (unpaired) electrons. The molecule has 21 heavy (non-hydrogen) atoms. The van der Waals surface area contributed by atoms with Gasteiger partial charge in [0, 0.05) is 30.0 Å². The Labute approximate surface area is 131 Å². The van der Waals surface area contributed by atoms with Gasteiger partial charge >= 0.3 is 0 Å². The summed E-state index contributed by atoms with van der Waals surface area (Å²) >= 11 is 3.55. The van der Waals surface area contributed by atoms with E-state index in [2.05, 4.69) is 55.2 Å². The van der Waals surface area contributed by atoms with E-state index in [0.717, 1.165) is 41.0 Å². The number of hydrogen-bond acceptors (Lipinski definition) is 3. The van der Waals surface area contributed by atoms with Crippen molar-refractivity contribution in [2.75, 3.05) is 11.4 Å². The molecule has 4 nitrogen and oxygen atoms in total. The maximum atomic E-state index is 4.59. The standard InChI is InChI=1S/C16H15BrN4/c1-11-8-15-16(18-5-7-21(15)19-11)20-6-4-12-9-14(17)3-2-13(12)10-20/h2-3,5,7-9H,4,6,10H2,1H3. The lowest BCUT2D eigenvalue weighted by atomic mass is 10.00. The summed E-state index contributed by atoms with van der Waals surface area (Å²) in [4.78, 5) is 6.93. The fourth-order valence-corrected chi connectivity index (χ4v) is 3.39. The lowest BCUT2D eigenvalue weighted by Gasteiger charge is -2.30. The molecule has 0 spiro atoms. The van der Waals surface area contributed by atoms with Crippen LogP contribution in [0.1, 0.15) is 16.8 Å². The second kappa shape index (κ2) is 4.84. The molecule has 2 aromatic heterocycles. The number of anilines is 1. The van der Waals surface area contributed by atoms with E-state index in [9.17, 15) is 0 Å². The normalized spacial score (nSPS) is 14.5. The van der Waals surface area contributed by atoms with Gasteiger partial charge in [0.1, 0.15) is 5.52 Å². The second-order valence-corrected chi connectivity index (χ2v) is 6.37. The summed E-state index contributed by atoms with van der Waals surface area (Å²) in [6.45, 7) is 3.90. The van der Waals surface area contributed by atoms with E-state index in [-0.39, 0.29) is 0 Å². The predicted octanol–water partition coefficient (Wildman–Crippen LogP) is 3.36. The fraction of sp³-hybridized carbons (Fsp3) is 0.250. The fourth-order valence-electron chi connectivity index (χ4n) is 2.98. The smallest absolute Gasteiger partial charge is 0.155 e. The molecular formula is C16H15BrN4.